The average Bonchev–Trinajstić information content (AvgIpc) is 2.37. The molecule has 1 heterocycles. The number of rotatable bonds is 2. The van der Waals surface area contributed by atoms with E-state index in [1.54, 1.807) is 30.1 Å². The van der Waals surface area contributed by atoms with E-state index in [1.165, 1.54) is 0 Å². The van der Waals surface area contributed by atoms with E-state index >= 15 is 0 Å². The zero-order chi connectivity index (χ0) is 15.1. The van der Waals surface area contributed by atoms with Gasteiger partial charge in [-0.05, 0) is 26.0 Å². The van der Waals surface area contributed by atoms with Gasteiger partial charge >= 0.3 is 0 Å². The first-order chi connectivity index (χ1) is 9.26. The van der Waals surface area contributed by atoms with Gasteiger partial charge in [0, 0.05) is 20.1 Å². The number of primary amides is 1. The third-order valence-electron chi connectivity index (χ3n) is 3.81. The number of hydrogen-bond acceptors (Lipinski definition) is 4. The summed E-state index contributed by atoms with van der Waals surface area (Å²) in [6.07, 6.45) is 0. The summed E-state index contributed by atoms with van der Waals surface area (Å²) in [6.45, 7) is 4.82. The summed E-state index contributed by atoms with van der Waals surface area (Å²) >= 11 is 0. The summed E-state index contributed by atoms with van der Waals surface area (Å²) in [5.74, 6) is -0.558. The van der Waals surface area contributed by atoms with Crippen LogP contribution < -0.4 is 16.4 Å². The van der Waals surface area contributed by atoms with E-state index in [1.807, 2.05) is 18.7 Å². The lowest BCUT2D eigenvalue weighted by molar-refractivity contribution is -0.136. The monoisotopic (exact) mass is 276 g/mol. The number of carbonyl (C=O) groups is 2. The number of amides is 2. The van der Waals surface area contributed by atoms with Crippen molar-refractivity contribution in [3.63, 3.8) is 0 Å². The number of nitrogen functional groups attached to an aromatic ring is 1. The number of likely N-dealkylation sites (N-methyl/N-ethyl adjacent to an activating group) is 1. The van der Waals surface area contributed by atoms with Gasteiger partial charge in [-0.25, -0.2) is 0 Å². The summed E-state index contributed by atoms with van der Waals surface area (Å²) < 4.78 is 0. The Kier molecular flexibility index (Phi) is 3.33. The Morgan fingerprint density at radius 2 is 1.95 bits per heavy atom. The highest BCUT2D eigenvalue weighted by Gasteiger charge is 2.42. The minimum Gasteiger partial charge on any atom is -0.397 e. The number of nitrogens with zero attached hydrogens (tertiary/aromatic N) is 2. The van der Waals surface area contributed by atoms with Crippen LogP contribution in [-0.4, -0.2) is 42.4 Å². The predicted octanol–water partition coefficient (Wildman–Crippen LogP) is 0.425. The molecule has 4 N–H and O–H groups in total. The van der Waals surface area contributed by atoms with E-state index in [0.29, 0.717) is 30.0 Å². The SMILES string of the molecule is CN1CCN(c2c(N)cccc2C(N)=O)C(C)(C)C1=O. The first-order valence-electron chi connectivity index (χ1n) is 6.48. The maximum atomic E-state index is 12.4. The van der Waals surface area contributed by atoms with Crippen LogP contribution in [0.2, 0.25) is 0 Å². The van der Waals surface area contributed by atoms with Gasteiger partial charge < -0.3 is 21.3 Å². The molecule has 2 rings (SSSR count). The molecule has 1 aromatic rings. The first-order valence-corrected chi connectivity index (χ1v) is 6.48. The van der Waals surface area contributed by atoms with E-state index < -0.39 is 11.4 Å². The fourth-order valence-electron chi connectivity index (χ4n) is 2.67. The second-order valence-corrected chi connectivity index (χ2v) is 5.55. The van der Waals surface area contributed by atoms with Crippen molar-refractivity contribution in [1.29, 1.82) is 0 Å². The molecule has 1 aliphatic heterocycles. The quantitative estimate of drug-likeness (QED) is 0.766. The minimum atomic E-state index is -0.771. The van der Waals surface area contributed by atoms with Crippen molar-refractivity contribution >= 4 is 23.2 Å². The summed E-state index contributed by atoms with van der Waals surface area (Å²) in [5.41, 5.74) is 12.0. The predicted molar refractivity (Wildman–Crippen MR) is 78.4 cm³/mol. The van der Waals surface area contributed by atoms with E-state index in [9.17, 15) is 9.59 Å². The molecule has 20 heavy (non-hydrogen) atoms. The van der Waals surface area contributed by atoms with Gasteiger partial charge in [0.2, 0.25) is 5.91 Å². The normalized spacial score (nSPS) is 18.2. The van der Waals surface area contributed by atoms with Crippen molar-refractivity contribution in [2.45, 2.75) is 19.4 Å². The topological polar surface area (TPSA) is 92.7 Å². The Hall–Kier alpha value is -2.24. The molecule has 0 unspecified atom stereocenters. The van der Waals surface area contributed by atoms with E-state index in [-0.39, 0.29) is 5.91 Å². The number of para-hydroxylation sites is 1. The van der Waals surface area contributed by atoms with Gasteiger partial charge in [0.1, 0.15) is 5.54 Å². The summed E-state index contributed by atoms with van der Waals surface area (Å²) in [5, 5.41) is 0. The minimum absolute atomic E-state index is 0.0116. The van der Waals surface area contributed by atoms with Crippen LogP contribution >= 0.6 is 0 Å². The van der Waals surface area contributed by atoms with Crippen LogP contribution in [0, 0.1) is 0 Å². The summed E-state index contributed by atoms with van der Waals surface area (Å²) in [6, 6.07) is 5.03. The Bertz CT molecular complexity index is 568. The van der Waals surface area contributed by atoms with Gasteiger partial charge in [-0.1, -0.05) is 6.07 Å². The molecule has 1 aliphatic rings. The molecule has 6 nitrogen and oxygen atoms in total. The van der Waals surface area contributed by atoms with Crippen molar-refractivity contribution in [3.05, 3.63) is 23.8 Å². The molecule has 0 atom stereocenters. The summed E-state index contributed by atoms with van der Waals surface area (Å²) in [7, 11) is 1.77. The van der Waals surface area contributed by atoms with E-state index in [4.69, 9.17) is 11.5 Å². The van der Waals surface area contributed by atoms with Gasteiger partial charge in [0.15, 0.2) is 0 Å². The molecule has 0 radical (unpaired) electrons. The second-order valence-electron chi connectivity index (χ2n) is 5.55. The molecule has 1 saturated heterocycles. The lowest BCUT2D eigenvalue weighted by atomic mass is 9.95. The third-order valence-corrected chi connectivity index (χ3v) is 3.81. The van der Waals surface area contributed by atoms with E-state index in [2.05, 4.69) is 0 Å². The molecule has 2 amide bonds. The summed E-state index contributed by atoms with van der Waals surface area (Å²) in [4.78, 5) is 27.5. The highest BCUT2D eigenvalue weighted by Crippen LogP contribution is 2.35. The average molecular weight is 276 g/mol. The molecule has 6 heteroatoms. The molecular weight excluding hydrogens is 256 g/mol. The number of piperazine rings is 1. The van der Waals surface area contributed by atoms with Gasteiger partial charge in [-0.3, -0.25) is 9.59 Å². The second kappa shape index (κ2) is 4.70. The van der Waals surface area contributed by atoms with Crippen molar-refractivity contribution in [2.24, 2.45) is 5.73 Å². The number of benzene rings is 1. The molecular formula is C14H20N4O2. The van der Waals surface area contributed by atoms with Gasteiger partial charge in [-0.15, -0.1) is 0 Å². The molecule has 0 aromatic heterocycles. The van der Waals surface area contributed by atoms with Crippen LogP contribution in [0.15, 0.2) is 18.2 Å². The van der Waals surface area contributed by atoms with Crippen molar-refractivity contribution in [2.75, 3.05) is 30.8 Å². The Balaban J connectivity index is 2.57. The highest BCUT2D eigenvalue weighted by atomic mass is 16.2. The number of anilines is 2. The van der Waals surface area contributed by atoms with Crippen molar-refractivity contribution in [1.82, 2.24) is 4.90 Å². The van der Waals surface area contributed by atoms with Gasteiger partial charge in [0.25, 0.3) is 5.91 Å². The van der Waals surface area contributed by atoms with Gasteiger partial charge in [-0.2, -0.15) is 0 Å². The molecule has 108 valence electrons. The molecule has 0 spiro atoms. The maximum Gasteiger partial charge on any atom is 0.250 e. The van der Waals surface area contributed by atoms with Crippen LogP contribution in [0.1, 0.15) is 24.2 Å². The smallest absolute Gasteiger partial charge is 0.250 e. The first kappa shape index (κ1) is 14.2. The molecule has 1 fully saturated rings. The van der Waals surface area contributed by atoms with Crippen LogP contribution in [0.3, 0.4) is 0 Å². The van der Waals surface area contributed by atoms with Crippen LogP contribution in [0.25, 0.3) is 0 Å². The van der Waals surface area contributed by atoms with E-state index in [0.717, 1.165) is 0 Å². The fraction of sp³-hybridized carbons (Fsp3) is 0.429. The lowest BCUT2D eigenvalue weighted by Gasteiger charge is -2.46. The zero-order valence-electron chi connectivity index (χ0n) is 12.0. The Morgan fingerprint density at radius 3 is 2.55 bits per heavy atom. The Morgan fingerprint density at radius 1 is 1.30 bits per heavy atom. The molecule has 0 bridgehead atoms. The molecule has 0 aliphatic carbocycles. The standard InChI is InChI=1S/C14H20N4O2/c1-14(2)13(20)17(3)7-8-18(14)11-9(12(16)19)5-4-6-10(11)15/h4-6H,7-8,15H2,1-3H3,(H2,16,19). The number of hydrogen-bond donors (Lipinski definition) is 2. The van der Waals surface area contributed by atoms with Crippen molar-refractivity contribution < 1.29 is 9.59 Å². The maximum absolute atomic E-state index is 12.4. The largest absolute Gasteiger partial charge is 0.397 e. The van der Waals surface area contributed by atoms with Crippen LogP contribution in [0.4, 0.5) is 11.4 Å². The third kappa shape index (κ3) is 2.07. The molecule has 0 saturated carbocycles. The lowest BCUT2D eigenvalue weighted by Crippen LogP contribution is -2.62. The zero-order valence-corrected chi connectivity index (χ0v) is 12.0. The fourth-order valence-corrected chi connectivity index (χ4v) is 2.67. The number of carbonyl (C=O) groups excluding carboxylic acids is 2. The highest BCUT2D eigenvalue weighted by molar-refractivity contribution is 6.03. The van der Waals surface area contributed by atoms with Crippen molar-refractivity contribution in [3.8, 4) is 0 Å². The molecule has 1 aromatic carbocycles. The Labute approximate surface area is 118 Å². The van der Waals surface area contributed by atoms with Crippen LogP contribution in [0.5, 0.6) is 0 Å². The van der Waals surface area contributed by atoms with Gasteiger partial charge in [0.05, 0.1) is 16.9 Å². The van der Waals surface area contributed by atoms with Crippen LogP contribution in [-0.2, 0) is 4.79 Å². The number of nitrogens with two attached hydrogens (primary N) is 2.